The fraction of sp³-hybridized carbons (Fsp3) is 0.667. The lowest BCUT2D eigenvalue weighted by molar-refractivity contribution is -0.158. The van der Waals surface area contributed by atoms with Crippen LogP contribution in [0.5, 0.6) is 0 Å². The second-order valence-corrected chi connectivity index (χ2v) is 3.55. The summed E-state index contributed by atoms with van der Waals surface area (Å²) in [5, 5.41) is 17.4. The number of carboxylic acid groups (broad SMARTS) is 2. The molecule has 78 valence electrons. The molecule has 5 nitrogen and oxygen atoms in total. The zero-order chi connectivity index (χ0) is 10.7. The normalized spacial score (nSPS) is 22.4. The van der Waals surface area contributed by atoms with Gasteiger partial charge in [-0.15, -0.1) is 0 Å². The number of carbonyl (C=O) groups is 3. The molecule has 1 atom stereocenters. The van der Waals surface area contributed by atoms with Crippen molar-refractivity contribution in [3.8, 4) is 0 Å². The third kappa shape index (κ3) is 2.31. The molecule has 0 aliphatic heterocycles. The van der Waals surface area contributed by atoms with Crippen LogP contribution in [0.15, 0.2) is 0 Å². The molecule has 1 aliphatic rings. The second-order valence-electron chi connectivity index (χ2n) is 3.55. The van der Waals surface area contributed by atoms with Crippen LogP contribution in [0.3, 0.4) is 0 Å². The van der Waals surface area contributed by atoms with E-state index < -0.39 is 23.8 Å². The molecule has 0 amide bonds. The summed E-state index contributed by atoms with van der Waals surface area (Å²) in [6.45, 7) is 0. The molecule has 1 aliphatic carbocycles. The summed E-state index contributed by atoms with van der Waals surface area (Å²) in [6.07, 6.45) is 1.64. The van der Waals surface area contributed by atoms with Crippen molar-refractivity contribution in [1.29, 1.82) is 0 Å². The summed E-state index contributed by atoms with van der Waals surface area (Å²) in [4.78, 5) is 32.3. The van der Waals surface area contributed by atoms with Crippen LogP contribution in [0.1, 0.15) is 25.7 Å². The van der Waals surface area contributed by atoms with E-state index in [1.54, 1.807) is 0 Å². The minimum atomic E-state index is -1.43. The maximum atomic E-state index is 11.0. The van der Waals surface area contributed by atoms with Gasteiger partial charge >= 0.3 is 11.9 Å². The predicted octanol–water partition coefficient (Wildman–Crippen LogP) is 0.531. The molecule has 0 unspecified atom stereocenters. The number of hydrogen-bond acceptors (Lipinski definition) is 3. The zero-order valence-electron chi connectivity index (χ0n) is 7.60. The van der Waals surface area contributed by atoms with Gasteiger partial charge in [0.1, 0.15) is 5.78 Å². The highest BCUT2D eigenvalue weighted by Crippen LogP contribution is 2.28. The molecule has 0 saturated heterocycles. The van der Waals surface area contributed by atoms with Crippen molar-refractivity contribution in [3.63, 3.8) is 0 Å². The SMILES string of the molecule is O=C1CCC[C@H](C(C(=O)O)C(=O)O)C1. The van der Waals surface area contributed by atoms with Crippen LogP contribution < -0.4 is 0 Å². The highest BCUT2D eigenvalue weighted by molar-refractivity contribution is 5.94. The molecule has 0 aromatic carbocycles. The van der Waals surface area contributed by atoms with Crippen molar-refractivity contribution >= 4 is 17.7 Å². The van der Waals surface area contributed by atoms with Gasteiger partial charge in [-0.3, -0.25) is 14.4 Å². The number of rotatable bonds is 3. The van der Waals surface area contributed by atoms with Crippen molar-refractivity contribution in [2.24, 2.45) is 11.8 Å². The van der Waals surface area contributed by atoms with Gasteiger partial charge < -0.3 is 10.2 Å². The largest absolute Gasteiger partial charge is 0.481 e. The summed E-state index contributed by atoms with van der Waals surface area (Å²) in [5.41, 5.74) is 0. The van der Waals surface area contributed by atoms with Gasteiger partial charge in [-0.25, -0.2) is 0 Å². The summed E-state index contributed by atoms with van der Waals surface area (Å²) in [6, 6.07) is 0. The number of carboxylic acids is 2. The third-order valence-electron chi connectivity index (χ3n) is 2.52. The van der Waals surface area contributed by atoms with Crippen LogP contribution in [0, 0.1) is 11.8 Å². The van der Waals surface area contributed by atoms with Crippen LogP contribution in [0.2, 0.25) is 0 Å². The highest BCUT2D eigenvalue weighted by atomic mass is 16.4. The minimum absolute atomic E-state index is 0.0336. The molecular formula is C9H12O5. The van der Waals surface area contributed by atoms with E-state index in [4.69, 9.17) is 10.2 Å². The Labute approximate surface area is 80.7 Å². The van der Waals surface area contributed by atoms with E-state index in [-0.39, 0.29) is 12.2 Å². The van der Waals surface area contributed by atoms with Gasteiger partial charge in [-0.05, 0) is 18.8 Å². The van der Waals surface area contributed by atoms with Crippen molar-refractivity contribution in [1.82, 2.24) is 0 Å². The molecule has 0 bridgehead atoms. The summed E-state index contributed by atoms with van der Waals surface area (Å²) >= 11 is 0. The predicted molar refractivity (Wildman–Crippen MR) is 45.7 cm³/mol. The Morgan fingerprint density at radius 3 is 2.29 bits per heavy atom. The number of hydrogen-bond donors (Lipinski definition) is 2. The first-order valence-corrected chi connectivity index (χ1v) is 4.49. The Morgan fingerprint density at radius 1 is 1.29 bits per heavy atom. The number of carbonyl (C=O) groups excluding carboxylic acids is 1. The van der Waals surface area contributed by atoms with Gasteiger partial charge in [0.15, 0.2) is 5.92 Å². The minimum Gasteiger partial charge on any atom is -0.481 e. The second kappa shape index (κ2) is 4.21. The van der Waals surface area contributed by atoms with Gasteiger partial charge in [0.2, 0.25) is 0 Å². The lowest BCUT2D eigenvalue weighted by Crippen LogP contribution is -2.34. The Kier molecular flexibility index (Phi) is 3.22. The van der Waals surface area contributed by atoms with E-state index in [0.717, 1.165) is 0 Å². The molecule has 0 spiro atoms. The lowest BCUT2D eigenvalue weighted by Gasteiger charge is -2.23. The Morgan fingerprint density at radius 2 is 1.86 bits per heavy atom. The molecule has 1 fully saturated rings. The van der Waals surface area contributed by atoms with Gasteiger partial charge in [0.25, 0.3) is 0 Å². The molecule has 0 radical (unpaired) electrons. The van der Waals surface area contributed by atoms with E-state index in [1.807, 2.05) is 0 Å². The van der Waals surface area contributed by atoms with E-state index in [0.29, 0.717) is 19.3 Å². The number of Topliss-reactive ketones (excluding diaryl/α,β-unsaturated/α-hetero) is 1. The maximum absolute atomic E-state index is 11.0. The van der Waals surface area contributed by atoms with Gasteiger partial charge in [0.05, 0.1) is 0 Å². The molecular weight excluding hydrogens is 188 g/mol. The van der Waals surface area contributed by atoms with Crippen LogP contribution >= 0.6 is 0 Å². The Balaban J connectivity index is 2.72. The van der Waals surface area contributed by atoms with Gasteiger partial charge in [-0.2, -0.15) is 0 Å². The fourth-order valence-electron chi connectivity index (χ4n) is 1.85. The Hall–Kier alpha value is -1.39. The quantitative estimate of drug-likeness (QED) is 0.648. The van der Waals surface area contributed by atoms with Crippen LogP contribution in [-0.2, 0) is 14.4 Å². The average Bonchev–Trinajstić information content (AvgIpc) is 2.02. The standard InChI is InChI=1S/C9H12O5/c10-6-3-1-2-5(4-6)7(8(11)12)9(13)14/h5,7H,1-4H2,(H,11,12)(H,13,14)/t5-/m0/s1. The van der Waals surface area contributed by atoms with Crippen molar-refractivity contribution in [2.75, 3.05) is 0 Å². The fourth-order valence-corrected chi connectivity index (χ4v) is 1.85. The smallest absolute Gasteiger partial charge is 0.318 e. The molecule has 0 aromatic rings. The van der Waals surface area contributed by atoms with Gasteiger partial charge in [-0.1, -0.05) is 0 Å². The highest BCUT2D eigenvalue weighted by Gasteiger charge is 2.37. The number of ketones is 1. The lowest BCUT2D eigenvalue weighted by atomic mass is 9.79. The first-order chi connectivity index (χ1) is 6.52. The third-order valence-corrected chi connectivity index (χ3v) is 2.52. The molecule has 0 heterocycles. The van der Waals surface area contributed by atoms with E-state index in [1.165, 1.54) is 0 Å². The number of aliphatic carboxylic acids is 2. The average molecular weight is 200 g/mol. The van der Waals surface area contributed by atoms with E-state index in [2.05, 4.69) is 0 Å². The van der Waals surface area contributed by atoms with Crippen LogP contribution in [-0.4, -0.2) is 27.9 Å². The molecule has 0 aromatic heterocycles. The Bertz CT molecular complexity index is 256. The first kappa shape index (κ1) is 10.7. The summed E-state index contributed by atoms with van der Waals surface area (Å²) in [7, 11) is 0. The molecule has 2 N–H and O–H groups in total. The zero-order valence-corrected chi connectivity index (χ0v) is 7.60. The van der Waals surface area contributed by atoms with E-state index >= 15 is 0 Å². The molecule has 5 heteroatoms. The molecule has 14 heavy (non-hydrogen) atoms. The monoisotopic (exact) mass is 200 g/mol. The van der Waals surface area contributed by atoms with Gasteiger partial charge in [0, 0.05) is 12.8 Å². The maximum Gasteiger partial charge on any atom is 0.318 e. The summed E-state index contributed by atoms with van der Waals surface area (Å²) in [5.74, 6) is -4.70. The first-order valence-electron chi connectivity index (χ1n) is 4.49. The van der Waals surface area contributed by atoms with Crippen molar-refractivity contribution in [2.45, 2.75) is 25.7 Å². The summed E-state index contributed by atoms with van der Waals surface area (Å²) < 4.78 is 0. The molecule has 1 saturated carbocycles. The van der Waals surface area contributed by atoms with Crippen LogP contribution in [0.25, 0.3) is 0 Å². The van der Waals surface area contributed by atoms with E-state index in [9.17, 15) is 14.4 Å². The van der Waals surface area contributed by atoms with Crippen molar-refractivity contribution in [3.05, 3.63) is 0 Å². The topological polar surface area (TPSA) is 91.7 Å². The van der Waals surface area contributed by atoms with Crippen molar-refractivity contribution < 1.29 is 24.6 Å². The molecule has 1 rings (SSSR count). The van der Waals surface area contributed by atoms with Crippen LogP contribution in [0.4, 0.5) is 0 Å².